The molecule has 0 spiro atoms. The van der Waals surface area contributed by atoms with Crippen molar-refractivity contribution in [2.75, 3.05) is 0 Å². The van der Waals surface area contributed by atoms with Gasteiger partial charge < -0.3 is 0 Å². The number of allylic oxidation sites excluding steroid dienone is 2. The Morgan fingerprint density at radius 2 is 0.776 bits per heavy atom. The van der Waals surface area contributed by atoms with Gasteiger partial charge in [-0.3, -0.25) is 19.2 Å². The van der Waals surface area contributed by atoms with Gasteiger partial charge in [-0.25, -0.2) is 0 Å². The molecule has 0 N–H and O–H groups in total. The number of ketones is 4. The van der Waals surface area contributed by atoms with Crippen molar-refractivity contribution < 1.29 is 19.2 Å². The lowest BCUT2D eigenvalue weighted by Gasteiger charge is -2.07. The summed E-state index contributed by atoms with van der Waals surface area (Å²) in [5.41, 5.74) is 8.90. The molecule has 0 aliphatic heterocycles. The fraction of sp³-hybridized carbons (Fsp3) is 0.116. The van der Waals surface area contributed by atoms with Crippen LogP contribution in [-0.2, 0) is 0 Å². The molecule has 0 fully saturated rings. The summed E-state index contributed by atoms with van der Waals surface area (Å²) in [7, 11) is 0. The highest BCUT2D eigenvalue weighted by atomic mass is 32.1. The minimum absolute atomic E-state index is 0.387. The summed E-state index contributed by atoms with van der Waals surface area (Å²) >= 11 is 3.49. The Kier molecular flexibility index (Phi) is 9.00. The first-order valence-electron chi connectivity index (χ1n) is 16.2. The molecule has 6 heteroatoms. The predicted molar refractivity (Wildman–Crippen MR) is 200 cm³/mol. The zero-order valence-corrected chi connectivity index (χ0v) is 28.8. The predicted octanol–water partition coefficient (Wildman–Crippen LogP) is 11.0. The lowest BCUT2D eigenvalue weighted by atomic mass is 9.96. The molecular formula is C43H32O4S2. The fourth-order valence-corrected chi connectivity index (χ4v) is 8.57. The molecule has 0 bridgehead atoms. The average Bonchev–Trinajstić information content (AvgIpc) is 3.89. The van der Waals surface area contributed by atoms with Crippen molar-refractivity contribution in [2.45, 2.75) is 33.1 Å². The molecule has 2 aromatic heterocycles. The molecule has 4 aromatic carbocycles. The SMILES string of the molecule is Cc1sc(-c2ccc(C(=O)C(=O)c3ccccc3)cc2)cc1C1=C(c2cc(-c3ccc(C(=O)C(=O)c4ccccc4)cc3)sc2C)CCC1. The normalized spacial score (nSPS) is 12.7. The van der Waals surface area contributed by atoms with Crippen LogP contribution >= 0.6 is 22.7 Å². The highest BCUT2D eigenvalue weighted by Gasteiger charge is 2.24. The second-order valence-corrected chi connectivity index (χ2v) is 14.7. The Hall–Kier alpha value is -5.30. The van der Waals surface area contributed by atoms with E-state index < -0.39 is 23.1 Å². The van der Waals surface area contributed by atoms with E-state index in [1.54, 1.807) is 95.5 Å². The number of hydrogen-bond acceptors (Lipinski definition) is 6. The van der Waals surface area contributed by atoms with E-state index in [0.717, 1.165) is 40.1 Å². The van der Waals surface area contributed by atoms with Crippen LogP contribution in [0.3, 0.4) is 0 Å². The highest BCUT2D eigenvalue weighted by molar-refractivity contribution is 7.16. The van der Waals surface area contributed by atoms with E-state index in [4.69, 9.17) is 0 Å². The van der Waals surface area contributed by atoms with Gasteiger partial charge in [-0.15, -0.1) is 22.7 Å². The van der Waals surface area contributed by atoms with Crippen LogP contribution in [-0.4, -0.2) is 23.1 Å². The van der Waals surface area contributed by atoms with Crippen LogP contribution < -0.4 is 0 Å². The van der Waals surface area contributed by atoms with Gasteiger partial charge in [0.1, 0.15) is 0 Å². The number of carbonyl (C=O) groups is 4. The summed E-state index contributed by atoms with van der Waals surface area (Å²) in [5, 5.41) is 0. The molecule has 2 heterocycles. The third-order valence-electron chi connectivity index (χ3n) is 9.05. The molecule has 0 amide bonds. The first-order chi connectivity index (χ1) is 23.8. The van der Waals surface area contributed by atoms with Gasteiger partial charge in [0.15, 0.2) is 0 Å². The van der Waals surface area contributed by atoms with Crippen LogP contribution in [0, 0.1) is 13.8 Å². The van der Waals surface area contributed by atoms with Crippen LogP contribution in [0.25, 0.3) is 32.0 Å². The maximum absolute atomic E-state index is 12.9. The number of carbonyl (C=O) groups excluding carboxylic acids is 4. The van der Waals surface area contributed by atoms with E-state index in [1.165, 1.54) is 32.0 Å². The average molecular weight is 677 g/mol. The van der Waals surface area contributed by atoms with E-state index in [0.29, 0.717) is 22.3 Å². The monoisotopic (exact) mass is 676 g/mol. The largest absolute Gasteiger partial charge is 0.285 e. The number of hydrogen-bond donors (Lipinski definition) is 0. The minimum atomic E-state index is -0.505. The van der Waals surface area contributed by atoms with Crippen molar-refractivity contribution in [1.82, 2.24) is 0 Å². The first-order valence-corrected chi connectivity index (χ1v) is 17.8. The Morgan fingerprint density at radius 1 is 0.449 bits per heavy atom. The Morgan fingerprint density at radius 3 is 1.12 bits per heavy atom. The maximum atomic E-state index is 12.9. The Labute approximate surface area is 293 Å². The molecule has 6 aromatic rings. The number of rotatable bonds is 10. The molecule has 4 nitrogen and oxygen atoms in total. The van der Waals surface area contributed by atoms with Crippen molar-refractivity contribution in [3.8, 4) is 20.9 Å². The molecule has 7 rings (SSSR count). The Balaban J connectivity index is 1.11. The summed E-state index contributed by atoms with van der Waals surface area (Å²) in [4.78, 5) is 55.8. The van der Waals surface area contributed by atoms with Gasteiger partial charge >= 0.3 is 0 Å². The lowest BCUT2D eigenvalue weighted by Crippen LogP contribution is -2.14. The highest BCUT2D eigenvalue weighted by Crippen LogP contribution is 2.47. The minimum Gasteiger partial charge on any atom is -0.285 e. The van der Waals surface area contributed by atoms with Crippen LogP contribution in [0.2, 0.25) is 0 Å². The van der Waals surface area contributed by atoms with E-state index >= 15 is 0 Å². The topological polar surface area (TPSA) is 68.3 Å². The molecule has 1 aliphatic rings. The van der Waals surface area contributed by atoms with Crippen LogP contribution in [0.15, 0.2) is 121 Å². The van der Waals surface area contributed by atoms with E-state index in [9.17, 15) is 19.2 Å². The zero-order valence-electron chi connectivity index (χ0n) is 27.1. The smallest absolute Gasteiger partial charge is 0.233 e. The number of Topliss-reactive ketones (excluding diaryl/α,β-unsaturated/α-hetero) is 4. The molecular weight excluding hydrogens is 645 g/mol. The summed E-state index contributed by atoms with van der Waals surface area (Å²) in [5.74, 6) is -2.01. The summed E-state index contributed by atoms with van der Waals surface area (Å²) < 4.78 is 0. The molecule has 0 radical (unpaired) electrons. The third-order valence-corrected chi connectivity index (χ3v) is 11.3. The van der Waals surface area contributed by atoms with Gasteiger partial charge in [-0.05, 0) is 78.6 Å². The zero-order chi connectivity index (χ0) is 34.1. The standard InChI is InChI=1S/C43H32O4S2/c1-26-36(24-38(48-26)28-16-20-32(21-17-28)42(46)40(44)30-10-5-3-6-11-30)34-14-9-15-35(34)37-25-39(49-27(37)2)29-18-22-33(23-19-29)43(47)41(45)31-12-7-4-8-13-31/h3-8,10-13,16-25H,9,14-15H2,1-2H3. The van der Waals surface area contributed by atoms with Gasteiger partial charge in [-0.1, -0.05) is 109 Å². The summed E-state index contributed by atoms with van der Waals surface area (Å²) in [6, 6.07) is 36.5. The summed E-state index contributed by atoms with van der Waals surface area (Å²) in [6.07, 6.45) is 3.12. The molecule has 0 saturated heterocycles. The molecule has 0 atom stereocenters. The van der Waals surface area contributed by atoms with Gasteiger partial charge in [-0.2, -0.15) is 0 Å². The molecule has 1 aliphatic carbocycles. The second-order valence-electron chi connectivity index (χ2n) is 12.2. The van der Waals surface area contributed by atoms with E-state index in [1.807, 2.05) is 36.4 Å². The number of thiophene rings is 2. The van der Waals surface area contributed by atoms with Gasteiger partial charge in [0, 0.05) is 41.8 Å². The maximum Gasteiger partial charge on any atom is 0.233 e. The summed E-state index contributed by atoms with van der Waals surface area (Å²) in [6.45, 7) is 4.33. The van der Waals surface area contributed by atoms with Gasteiger partial charge in [0.05, 0.1) is 0 Å². The van der Waals surface area contributed by atoms with Crippen molar-refractivity contribution in [3.63, 3.8) is 0 Å². The quantitative estimate of drug-likeness (QED) is 0.107. The first kappa shape index (κ1) is 32.3. The van der Waals surface area contributed by atoms with Crippen molar-refractivity contribution in [3.05, 3.63) is 164 Å². The van der Waals surface area contributed by atoms with Crippen molar-refractivity contribution >= 4 is 57.0 Å². The lowest BCUT2D eigenvalue weighted by molar-refractivity contribution is 0.0817. The van der Waals surface area contributed by atoms with Crippen molar-refractivity contribution in [1.29, 1.82) is 0 Å². The Bertz CT molecular complexity index is 2090. The second kappa shape index (κ2) is 13.7. The van der Waals surface area contributed by atoms with Crippen LogP contribution in [0.1, 0.15) is 81.6 Å². The number of aryl methyl sites for hydroxylation is 2. The molecule has 49 heavy (non-hydrogen) atoms. The van der Waals surface area contributed by atoms with Gasteiger partial charge in [0.25, 0.3) is 0 Å². The molecule has 0 unspecified atom stereocenters. The number of benzene rings is 4. The fourth-order valence-electron chi connectivity index (χ4n) is 6.46. The van der Waals surface area contributed by atoms with Crippen molar-refractivity contribution in [2.24, 2.45) is 0 Å². The van der Waals surface area contributed by atoms with E-state index in [2.05, 4.69) is 26.0 Å². The molecule has 0 saturated carbocycles. The van der Waals surface area contributed by atoms with Gasteiger partial charge in [0.2, 0.25) is 23.1 Å². The third kappa shape index (κ3) is 6.45. The van der Waals surface area contributed by atoms with Crippen LogP contribution in [0.4, 0.5) is 0 Å². The molecule has 240 valence electrons. The van der Waals surface area contributed by atoms with Crippen LogP contribution in [0.5, 0.6) is 0 Å². The van der Waals surface area contributed by atoms with E-state index in [-0.39, 0.29) is 0 Å².